The van der Waals surface area contributed by atoms with Gasteiger partial charge in [0.05, 0.1) is 18.3 Å². The number of carboxylic acid groups (broad SMARTS) is 1. The summed E-state index contributed by atoms with van der Waals surface area (Å²) >= 11 is 0. The standard InChI is InChI=1S/C9H9N3O3/c1-6-5-10-9(15-6)12-3-2-7(11-12)4-8(13)14/h2-3,5H,4H2,1H3,(H,13,14). The third-order valence-corrected chi connectivity index (χ3v) is 1.78. The molecule has 1 N–H and O–H groups in total. The normalized spacial score (nSPS) is 10.5. The second kappa shape index (κ2) is 3.56. The van der Waals surface area contributed by atoms with Gasteiger partial charge in [0.15, 0.2) is 0 Å². The van der Waals surface area contributed by atoms with E-state index in [0.29, 0.717) is 17.5 Å². The third kappa shape index (κ3) is 2.04. The Morgan fingerprint density at radius 3 is 3.07 bits per heavy atom. The van der Waals surface area contributed by atoms with E-state index in [1.807, 2.05) is 0 Å². The molecule has 0 aromatic carbocycles. The number of nitrogens with zero attached hydrogens (tertiary/aromatic N) is 3. The van der Waals surface area contributed by atoms with Gasteiger partial charge in [-0.25, -0.2) is 0 Å². The summed E-state index contributed by atoms with van der Waals surface area (Å²) in [5, 5.41) is 12.6. The molecule has 0 aliphatic heterocycles. The minimum absolute atomic E-state index is 0.104. The van der Waals surface area contributed by atoms with Crippen molar-refractivity contribution in [3.8, 4) is 6.01 Å². The third-order valence-electron chi connectivity index (χ3n) is 1.78. The van der Waals surface area contributed by atoms with Crippen molar-refractivity contribution in [2.24, 2.45) is 0 Å². The van der Waals surface area contributed by atoms with Crippen LogP contribution >= 0.6 is 0 Å². The molecule has 0 atom stereocenters. The molecular weight excluding hydrogens is 198 g/mol. The molecule has 0 fully saturated rings. The van der Waals surface area contributed by atoms with Gasteiger partial charge in [0.2, 0.25) is 0 Å². The molecule has 15 heavy (non-hydrogen) atoms. The van der Waals surface area contributed by atoms with Crippen LogP contribution in [-0.4, -0.2) is 25.8 Å². The van der Waals surface area contributed by atoms with Gasteiger partial charge in [-0.3, -0.25) is 4.79 Å². The van der Waals surface area contributed by atoms with E-state index in [-0.39, 0.29) is 6.42 Å². The Bertz CT molecular complexity index is 486. The first-order valence-electron chi connectivity index (χ1n) is 4.34. The quantitative estimate of drug-likeness (QED) is 0.804. The highest BCUT2D eigenvalue weighted by molar-refractivity contribution is 5.69. The summed E-state index contributed by atoms with van der Waals surface area (Å²) in [7, 11) is 0. The lowest BCUT2D eigenvalue weighted by molar-refractivity contribution is -0.136. The lowest BCUT2D eigenvalue weighted by Gasteiger charge is -1.92. The summed E-state index contributed by atoms with van der Waals surface area (Å²) in [6.07, 6.45) is 3.09. The highest BCUT2D eigenvalue weighted by atomic mass is 16.4. The molecule has 0 saturated carbocycles. The van der Waals surface area contributed by atoms with Crippen molar-refractivity contribution in [1.82, 2.24) is 14.8 Å². The van der Waals surface area contributed by atoms with Crippen LogP contribution in [0.15, 0.2) is 22.9 Å². The smallest absolute Gasteiger partial charge is 0.322 e. The van der Waals surface area contributed by atoms with Gasteiger partial charge in [0, 0.05) is 6.20 Å². The molecule has 0 radical (unpaired) electrons. The van der Waals surface area contributed by atoms with E-state index >= 15 is 0 Å². The van der Waals surface area contributed by atoms with Crippen molar-refractivity contribution in [1.29, 1.82) is 0 Å². The van der Waals surface area contributed by atoms with Gasteiger partial charge < -0.3 is 9.52 Å². The molecule has 2 heterocycles. The topological polar surface area (TPSA) is 81.2 Å². The maximum atomic E-state index is 10.4. The zero-order valence-corrected chi connectivity index (χ0v) is 8.04. The Morgan fingerprint density at radius 1 is 1.67 bits per heavy atom. The van der Waals surface area contributed by atoms with Crippen molar-refractivity contribution in [2.45, 2.75) is 13.3 Å². The monoisotopic (exact) mass is 207 g/mol. The molecule has 0 aliphatic rings. The molecule has 2 aromatic heterocycles. The summed E-state index contributed by atoms with van der Waals surface area (Å²) in [6.45, 7) is 1.78. The van der Waals surface area contributed by atoms with Crippen LogP contribution in [0, 0.1) is 6.92 Å². The lowest BCUT2D eigenvalue weighted by atomic mass is 10.3. The highest BCUT2D eigenvalue weighted by Gasteiger charge is 2.08. The number of carboxylic acids is 1. The minimum Gasteiger partial charge on any atom is -0.481 e. The molecule has 0 spiro atoms. The van der Waals surface area contributed by atoms with Gasteiger partial charge in [-0.2, -0.15) is 14.8 Å². The maximum Gasteiger partial charge on any atom is 0.322 e. The van der Waals surface area contributed by atoms with Gasteiger partial charge >= 0.3 is 12.0 Å². The Hall–Kier alpha value is -2.11. The first-order chi connectivity index (χ1) is 7.15. The number of aliphatic carboxylic acids is 1. The van der Waals surface area contributed by atoms with Gasteiger partial charge in [-0.1, -0.05) is 0 Å². The fraction of sp³-hybridized carbons (Fsp3) is 0.222. The molecule has 6 heteroatoms. The Labute approximate surface area is 85.2 Å². The van der Waals surface area contributed by atoms with E-state index in [4.69, 9.17) is 9.52 Å². The number of aromatic nitrogens is 3. The molecule has 0 bridgehead atoms. The van der Waals surface area contributed by atoms with Crippen LogP contribution in [0.1, 0.15) is 11.5 Å². The molecule has 2 rings (SSSR count). The van der Waals surface area contributed by atoms with E-state index in [2.05, 4.69) is 10.1 Å². The minimum atomic E-state index is -0.913. The summed E-state index contributed by atoms with van der Waals surface area (Å²) in [5.74, 6) is -0.232. The number of hydrogen-bond acceptors (Lipinski definition) is 4. The average Bonchev–Trinajstić information content (AvgIpc) is 2.72. The Kier molecular flexibility index (Phi) is 2.24. The molecule has 6 nitrogen and oxygen atoms in total. The molecule has 2 aromatic rings. The molecule has 0 aliphatic carbocycles. The Balaban J connectivity index is 2.23. The fourth-order valence-electron chi connectivity index (χ4n) is 1.17. The first kappa shape index (κ1) is 9.45. The number of oxazole rings is 1. The zero-order valence-electron chi connectivity index (χ0n) is 8.04. The van der Waals surface area contributed by atoms with E-state index in [9.17, 15) is 4.79 Å². The first-order valence-corrected chi connectivity index (χ1v) is 4.34. The largest absolute Gasteiger partial charge is 0.481 e. The lowest BCUT2D eigenvalue weighted by Crippen LogP contribution is -2.02. The molecule has 0 unspecified atom stereocenters. The van der Waals surface area contributed by atoms with Crippen LogP contribution in [0.4, 0.5) is 0 Å². The Morgan fingerprint density at radius 2 is 2.47 bits per heavy atom. The zero-order chi connectivity index (χ0) is 10.8. The second-order valence-corrected chi connectivity index (χ2v) is 3.08. The van der Waals surface area contributed by atoms with E-state index < -0.39 is 5.97 Å². The molecular formula is C9H9N3O3. The van der Waals surface area contributed by atoms with Gasteiger partial charge in [0.1, 0.15) is 5.76 Å². The number of hydrogen-bond donors (Lipinski definition) is 1. The van der Waals surface area contributed by atoms with Gasteiger partial charge in [-0.15, -0.1) is 0 Å². The van der Waals surface area contributed by atoms with Crippen molar-refractivity contribution in [3.63, 3.8) is 0 Å². The summed E-state index contributed by atoms with van der Waals surface area (Å²) in [5.41, 5.74) is 0.471. The fourth-order valence-corrected chi connectivity index (χ4v) is 1.17. The van der Waals surface area contributed by atoms with Gasteiger partial charge in [-0.05, 0) is 13.0 Å². The number of rotatable bonds is 3. The average molecular weight is 207 g/mol. The van der Waals surface area contributed by atoms with Crippen LogP contribution < -0.4 is 0 Å². The maximum absolute atomic E-state index is 10.4. The van der Waals surface area contributed by atoms with E-state index in [1.54, 1.807) is 25.4 Å². The van der Waals surface area contributed by atoms with E-state index in [0.717, 1.165) is 0 Å². The SMILES string of the molecule is Cc1cnc(-n2ccc(CC(=O)O)n2)o1. The van der Waals surface area contributed by atoms with Crippen molar-refractivity contribution < 1.29 is 14.3 Å². The van der Waals surface area contributed by atoms with Crippen molar-refractivity contribution >= 4 is 5.97 Å². The second-order valence-electron chi connectivity index (χ2n) is 3.08. The van der Waals surface area contributed by atoms with Crippen LogP contribution in [0.5, 0.6) is 0 Å². The summed E-state index contributed by atoms with van der Waals surface area (Å²) in [4.78, 5) is 14.4. The van der Waals surface area contributed by atoms with Crippen molar-refractivity contribution in [3.05, 3.63) is 29.9 Å². The van der Waals surface area contributed by atoms with Gasteiger partial charge in [0.25, 0.3) is 0 Å². The van der Waals surface area contributed by atoms with E-state index in [1.165, 1.54) is 4.68 Å². The van der Waals surface area contributed by atoms with Crippen LogP contribution in [-0.2, 0) is 11.2 Å². The highest BCUT2D eigenvalue weighted by Crippen LogP contribution is 2.08. The summed E-state index contributed by atoms with van der Waals surface area (Å²) in [6, 6.07) is 1.96. The predicted octanol–water partition coefficient (Wildman–Crippen LogP) is 0.796. The van der Waals surface area contributed by atoms with Crippen LogP contribution in [0.2, 0.25) is 0 Å². The number of carbonyl (C=O) groups is 1. The van der Waals surface area contributed by atoms with Crippen LogP contribution in [0.3, 0.4) is 0 Å². The molecule has 0 amide bonds. The van der Waals surface area contributed by atoms with Crippen molar-refractivity contribution in [2.75, 3.05) is 0 Å². The summed E-state index contributed by atoms with van der Waals surface area (Å²) < 4.78 is 6.64. The number of aryl methyl sites for hydroxylation is 1. The molecule has 78 valence electrons. The van der Waals surface area contributed by atoms with Crippen LogP contribution in [0.25, 0.3) is 6.01 Å². The predicted molar refractivity (Wildman–Crippen MR) is 49.7 cm³/mol. The molecule has 0 saturated heterocycles.